The van der Waals surface area contributed by atoms with Gasteiger partial charge in [0, 0.05) is 49.5 Å². The summed E-state index contributed by atoms with van der Waals surface area (Å²) < 4.78 is 0. The van der Waals surface area contributed by atoms with Gasteiger partial charge in [-0.1, -0.05) is 12.8 Å². The van der Waals surface area contributed by atoms with E-state index in [2.05, 4.69) is 15.5 Å². The van der Waals surface area contributed by atoms with E-state index in [1.807, 2.05) is 17.0 Å². The highest BCUT2D eigenvalue weighted by Gasteiger charge is 2.35. The molecule has 2 unspecified atom stereocenters. The van der Waals surface area contributed by atoms with Crippen molar-refractivity contribution >= 4 is 17.6 Å². The molecule has 2 heterocycles. The second-order valence-electron chi connectivity index (χ2n) is 7.40. The normalized spacial score (nSPS) is 25.8. The second kappa shape index (κ2) is 7.04. The molecule has 1 aromatic carbocycles. The Bertz CT molecular complexity index is 639. The molecule has 1 aromatic rings. The minimum absolute atomic E-state index is 0.0214. The van der Waals surface area contributed by atoms with Gasteiger partial charge in [-0.05, 0) is 43.5 Å². The summed E-state index contributed by atoms with van der Waals surface area (Å²) in [6, 6.07) is 7.82. The van der Waals surface area contributed by atoms with E-state index in [9.17, 15) is 9.59 Å². The number of nitrogens with one attached hydrogen (secondary N) is 2. The number of benzene rings is 1. The van der Waals surface area contributed by atoms with Crippen LogP contribution in [-0.2, 0) is 0 Å². The highest BCUT2D eigenvalue weighted by Crippen LogP contribution is 2.22. The molecule has 25 heavy (non-hydrogen) atoms. The topological polar surface area (TPSA) is 64.7 Å². The number of fused-ring (bicyclic) bond motifs is 2. The van der Waals surface area contributed by atoms with E-state index >= 15 is 0 Å². The summed E-state index contributed by atoms with van der Waals surface area (Å²) in [5, 5.41) is 6.06. The van der Waals surface area contributed by atoms with Crippen molar-refractivity contribution in [2.45, 2.75) is 44.2 Å². The van der Waals surface area contributed by atoms with Crippen molar-refractivity contribution in [2.75, 3.05) is 31.5 Å². The lowest BCUT2D eigenvalue weighted by atomic mass is 10.1. The van der Waals surface area contributed by atoms with Gasteiger partial charge in [0.25, 0.3) is 5.91 Å². The van der Waals surface area contributed by atoms with Gasteiger partial charge in [0.15, 0.2) is 0 Å². The van der Waals surface area contributed by atoms with Gasteiger partial charge < -0.3 is 15.5 Å². The first-order chi connectivity index (χ1) is 12.2. The van der Waals surface area contributed by atoms with Crippen LogP contribution in [0.1, 0.15) is 42.5 Å². The van der Waals surface area contributed by atoms with Crippen LogP contribution in [0.25, 0.3) is 0 Å². The maximum atomic E-state index is 12.5. The molecular weight excluding hydrogens is 316 g/mol. The van der Waals surface area contributed by atoms with E-state index < -0.39 is 0 Å². The molecule has 3 aliphatic rings. The third-order valence-corrected chi connectivity index (χ3v) is 5.70. The number of hydrogen-bond acceptors (Lipinski definition) is 3. The molecule has 1 aliphatic carbocycles. The Balaban J connectivity index is 1.33. The molecule has 2 aliphatic heterocycles. The fourth-order valence-corrected chi connectivity index (χ4v) is 4.21. The van der Waals surface area contributed by atoms with Crippen LogP contribution >= 0.6 is 0 Å². The first-order valence-corrected chi connectivity index (χ1v) is 9.40. The van der Waals surface area contributed by atoms with Gasteiger partial charge >= 0.3 is 6.03 Å². The molecule has 134 valence electrons. The van der Waals surface area contributed by atoms with Crippen LogP contribution in [0.2, 0.25) is 0 Å². The van der Waals surface area contributed by atoms with Gasteiger partial charge in [0.2, 0.25) is 0 Å². The molecular formula is C19H26N4O2. The standard InChI is InChI=1S/C19H26N4O2/c24-18(20-15-3-1-2-4-15)14-5-7-16(8-6-14)21-19(25)23-12-11-22-10-9-17(23)13-22/h5-8,15,17H,1-4,9-13H2,(H,20,24)(H,21,25). The van der Waals surface area contributed by atoms with E-state index in [0.717, 1.165) is 51.1 Å². The lowest BCUT2D eigenvalue weighted by Crippen LogP contribution is -2.51. The second-order valence-corrected chi connectivity index (χ2v) is 7.40. The number of amides is 3. The van der Waals surface area contributed by atoms with Crippen molar-refractivity contribution in [1.29, 1.82) is 0 Å². The molecule has 6 heteroatoms. The van der Waals surface area contributed by atoms with Crippen LogP contribution in [0.4, 0.5) is 10.5 Å². The summed E-state index contributed by atoms with van der Waals surface area (Å²) in [4.78, 5) is 29.1. The van der Waals surface area contributed by atoms with Gasteiger partial charge in [0.05, 0.1) is 0 Å². The largest absolute Gasteiger partial charge is 0.349 e. The van der Waals surface area contributed by atoms with Gasteiger partial charge in [-0.15, -0.1) is 0 Å². The van der Waals surface area contributed by atoms with E-state index in [1.165, 1.54) is 12.8 Å². The zero-order chi connectivity index (χ0) is 17.2. The quantitative estimate of drug-likeness (QED) is 0.886. The average Bonchev–Trinajstić information content (AvgIpc) is 3.25. The summed E-state index contributed by atoms with van der Waals surface area (Å²) in [5.74, 6) is -0.0214. The molecule has 2 N–H and O–H groups in total. The van der Waals surface area contributed by atoms with Crippen LogP contribution in [0.3, 0.4) is 0 Å². The van der Waals surface area contributed by atoms with Crippen molar-refractivity contribution in [2.24, 2.45) is 0 Å². The molecule has 0 spiro atoms. The fraction of sp³-hybridized carbons (Fsp3) is 0.579. The Morgan fingerprint density at radius 1 is 0.960 bits per heavy atom. The van der Waals surface area contributed by atoms with Crippen LogP contribution < -0.4 is 10.6 Å². The predicted molar refractivity (Wildman–Crippen MR) is 96.7 cm³/mol. The van der Waals surface area contributed by atoms with Crippen molar-refractivity contribution in [3.63, 3.8) is 0 Å². The molecule has 2 saturated heterocycles. The SMILES string of the molecule is O=C(NC1CCCC1)c1ccc(NC(=O)N2CCN3CCC2C3)cc1. The molecule has 2 bridgehead atoms. The highest BCUT2D eigenvalue weighted by molar-refractivity contribution is 5.95. The minimum atomic E-state index is -0.0327. The Kier molecular flexibility index (Phi) is 4.61. The van der Waals surface area contributed by atoms with E-state index in [-0.39, 0.29) is 11.9 Å². The summed E-state index contributed by atoms with van der Waals surface area (Å²) in [7, 11) is 0. The number of piperazine rings is 1. The maximum absolute atomic E-state index is 12.5. The number of urea groups is 1. The third kappa shape index (κ3) is 3.63. The Morgan fingerprint density at radius 2 is 1.72 bits per heavy atom. The number of nitrogens with zero attached hydrogens (tertiary/aromatic N) is 2. The Hall–Kier alpha value is -2.08. The lowest BCUT2D eigenvalue weighted by Gasteiger charge is -2.34. The van der Waals surface area contributed by atoms with Gasteiger partial charge in [-0.3, -0.25) is 9.69 Å². The summed E-state index contributed by atoms with van der Waals surface area (Å²) in [6.45, 7) is 3.84. The van der Waals surface area contributed by atoms with Gasteiger partial charge in [-0.25, -0.2) is 4.79 Å². The van der Waals surface area contributed by atoms with E-state index in [4.69, 9.17) is 0 Å². The smallest absolute Gasteiger partial charge is 0.322 e. The van der Waals surface area contributed by atoms with Crippen molar-refractivity contribution < 1.29 is 9.59 Å². The minimum Gasteiger partial charge on any atom is -0.349 e. The fourth-order valence-electron chi connectivity index (χ4n) is 4.21. The maximum Gasteiger partial charge on any atom is 0.322 e. The first kappa shape index (κ1) is 16.4. The number of carbonyl (C=O) groups is 2. The summed E-state index contributed by atoms with van der Waals surface area (Å²) >= 11 is 0. The molecule has 2 atom stereocenters. The Morgan fingerprint density at radius 3 is 2.48 bits per heavy atom. The zero-order valence-corrected chi connectivity index (χ0v) is 14.5. The van der Waals surface area contributed by atoms with E-state index in [1.54, 1.807) is 12.1 Å². The molecule has 0 aromatic heterocycles. The Labute approximate surface area is 148 Å². The molecule has 1 saturated carbocycles. The van der Waals surface area contributed by atoms with Gasteiger partial charge in [-0.2, -0.15) is 0 Å². The lowest BCUT2D eigenvalue weighted by molar-refractivity contribution is 0.0938. The third-order valence-electron chi connectivity index (χ3n) is 5.70. The number of hydrogen-bond donors (Lipinski definition) is 2. The van der Waals surface area contributed by atoms with E-state index in [0.29, 0.717) is 17.6 Å². The van der Waals surface area contributed by atoms with Crippen molar-refractivity contribution in [3.05, 3.63) is 29.8 Å². The van der Waals surface area contributed by atoms with Crippen LogP contribution in [0.5, 0.6) is 0 Å². The summed E-state index contributed by atoms with van der Waals surface area (Å²) in [6.07, 6.45) is 5.62. The molecule has 0 radical (unpaired) electrons. The van der Waals surface area contributed by atoms with Crippen LogP contribution in [-0.4, -0.2) is 60.0 Å². The highest BCUT2D eigenvalue weighted by atomic mass is 16.2. The van der Waals surface area contributed by atoms with Crippen LogP contribution in [0.15, 0.2) is 24.3 Å². The summed E-state index contributed by atoms with van der Waals surface area (Å²) in [5.41, 5.74) is 1.39. The average molecular weight is 342 g/mol. The first-order valence-electron chi connectivity index (χ1n) is 9.40. The molecule has 3 amide bonds. The predicted octanol–water partition coefficient (Wildman–Crippen LogP) is 2.28. The molecule has 4 rings (SSSR count). The molecule has 6 nitrogen and oxygen atoms in total. The number of carbonyl (C=O) groups excluding carboxylic acids is 2. The zero-order valence-electron chi connectivity index (χ0n) is 14.5. The van der Waals surface area contributed by atoms with Crippen molar-refractivity contribution in [1.82, 2.24) is 15.1 Å². The van der Waals surface area contributed by atoms with Gasteiger partial charge in [0.1, 0.15) is 0 Å². The monoisotopic (exact) mass is 342 g/mol. The number of anilines is 1. The van der Waals surface area contributed by atoms with Crippen LogP contribution in [0, 0.1) is 0 Å². The number of rotatable bonds is 3. The molecule has 3 fully saturated rings. The van der Waals surface area contributed by atoms with Crippen molar-refractivity contribution in [3.8, 4) is 0 Å².